The molecule has 1 heteroatoms. The highest BCUT2D eigenvalue weighted by atomic mass is 14.9. The van der Waals surface area contributed by atoms with Gasteiger partial charge in [0.2, 0.25) is 0 Å². The minimum absolute atomic E-state index is 0.0486. The van der Waals surface area contributed by atoms with Crippen LogP contribution in [0.3, 0.4) is 0 Å². The van der Waals surface area contributed by atoms with Crippen molar-refractivity contribution in [3.8, 4) is 0 Å². The van der Waals surface area contributed by atoms with E-state index in [4.69, 9.17) is 5.73 Å². The van der Waals surface area contributed by atoms with Gasteiger partial charge in [0.25, 0.3) is 0 Å². The average Bonchev–Trinajstić information content (AvgIpc) is 2.10. The molecule has 1 saturated carbocycles. The Labute approximate surface area is 50.6 Å². The zero-order valence-electron chi connectivity index (χ0n) is 5.57. The first-order valence-electron chi connectivity index (χ1n) is 2.94. The van der Waals surface area contributed by atoms with Crippen LogP contribution in [0.2, 0.25) is 0 Å². The van der Waals surface area contributed by atoms with Crippen LogP contribution in [0.1, 0.15) is 20.3 Å². The van der Waals surface area contributed by atoms with Gasteiger partial charge in [-0.1, -0.05) is 19.9 Å². The van der Waals surface area contributed by atoms with Gasteiger partial charge in [-0.25, -0.2) is 0 Å². The van der Waals surface area contributed by atoms with Crippen LogP contribution in [-0.4, -0.2) is 5.54 Å². The molecule has 0 radical (unpaired) electrons. The largest absolute Gasteiger partial charge is 0.321 e. The fraction of sp³-hybridized carbons (Fsp3) is 0.714. The third-order valence-electron chi connectivity index (χ3n) is 2.23. The molecular formula is C7H13N. The van der Waals surface area contributed by atoms with Crippen molar-refractivity contribution in [3.63, 3.8) is 0 Å². The van der Waals surface area contributed by atoms with Gasteiger partial charge in [0.05, 0.1) is 0 Å². The van der Waals surface area contributed by atoms with Crippen molar-refractivity contribution >= 4 is 0 Å². The summed E-state index contributed by atoms with van der Waals surface area (Å²) in [7, 11) is 0. The molecule has 0 aromatic rings. The lowest BCUT2D eigenvalue weighted by atomic mass is 10.1. The predicted octanol–water partition coefficient (Wildman–Crippen LogP) is 1.30. The Balaban J connectivity index is 2.68. The van der Waals surface area contributed by atoms with Crippen molar-refractivity contribution in [2.45, 2.75) is 25.8 Å². The topological polar surface area (TPSA) is 26.0 Å². The Morgan fingerprint density at radius 1 is 1.62 bits per heavy atom. The first kappa shape index (κ1) is 5.83. The van der Waals surface area contributed by atoms with Gasteiger partial charge in [0.15, 0.2) is 0 Å². The fourth-order valence-corrected chi connectivity index (χ4v) is 1.04. The van der Waals surface area contributed by atoms with Crippen LogP contribution in [0.25, 0.3) is 0 Å². The molecule has 8 heavy (non-hydrogen) atoms. The Hall–Kier alpha value is -0.300. The van der Waals surface area contributed by atoms with Gasteiger partial charge < -0.3 is 5.73 Å². The lowest BCUT2D eigenvalue weighted by Crippen LogP contribution is -2.24. The standard InChI is InChI=1S/C7H13N/c1-4-7(8)5-6(7,2)3/h4H,1,5,8H2,2-3H3/t7-/m1/s1. The quantitative estimate of drug-likeness (QED) is 0.507. The van der Waals surface area contributed by atoms with E-state index >= 15 is 0 Å². The highest BCUT2D eigenvalue weighted by molar-refractivity contribution is 5.24. The molecule has 1 fully saturated rings. The maximum absolute atomic E-state index is 5.81. The second-order valence-corrected chi connectivity index (χ2v) is 3.31. The minimum atomic E-state index is -0.0486. The van der Waals surface area contributed by atoms with Gasteiger partial charge in [0.1, 0.15) is 0 Å². The van der Waals surface area contributed by atoms with Gasteiger partial charge in [0, 0.05) is 5.54 Å². The molecule has 0 aromatic heterocycles. The molecule has 0 aromatic carbocycles. The highest BCUT2D eigenvalue weighted by Gasteiger charge is 2.56. The Kier molecular flexibility index (Phi) is 0.845. The molecule has 46 valence electrons. The van der Waals surface area contributed by atoms with Crippen molar-refractivity contribution in [1.29, 1.82) is 0 Å². The molecule has 0 unspecified atom stereocenters. The van der Waals surface area contributed by atoms with Gasteiger partial charge in [-0.05, 0) is 11.8 Å². The number of hydrogen-bond donors (Lipinski definition) is 1. The number of hydrogen-bond acceptors (Lipinski definition) is 1. The lowest BCUT2D eigenvalue weighted by Gasteiger charge is -2.06. The van der Waals surface area contributed by atoms with E-state index in [1.165, 1.54) is 0 Å². The fourth-order valence-electron chi connectivity index (χ4n) is 1.04. The highest BCUT2D eigenvalue weighted by Crippen LogP contribution is 2.54. The molecule has 1 aliphatic carbocycles. The van der Waals surface area contributed by atoms with E-state index in [0.29, 0.717) is 5.41 Å². The third-order valence-corrected chi connectivity index (χ3v) is 2.23. The lowest BCUT2D eigenvalue weighted by molar-refractivity contribution is 0.560. The van der Waals surface area contributed by atoms with Crippen LogP contribution >= 0.6 is 0 Å². The van der Waals surface area contributed by atoms with Crippen molar-refractivity contribution in [2.75, 3.05) is 0 Å². The summed E-state index contributed by atoms with van der Waals surface area (Å²) in [5, 5.41) is 0. The molecule has 1 aliphatic rings. The zero-order chi connectivity index (χ0) is 6.41. The van der Waals surface area contributed by atoms with Crippen molar-refractivity contribution in [2.24, 2.45) is 11.1 Å². The van der Waals surface area contributed by atoms with Crippen molar-refractivity contribution in [3.05, 3.63) is 12.7 Å². The van der Waals surface area contributed by atoms with Gasteiger partial charge in [-0.2, -0.15) is 0 Å². The Morgan fingerprint density at radius 2 is 2.00 bits per heavy atom. The summed E-state index contributed by atoms with van der Waals surface area (Å²) in [4.78, 5) is 0. The van der Waals surface area contributed by atoms with Crippen LogP contribution < -0.4 is 5.73 Å². The molecule has 0 aliphatic heterocycles. The summed E-state index contributed by atoms with van der Waals surface area (Å²) in [6.07, 6.45) is 2.94. The molecule has 0 spiro atoms. The van der Waals surface area contributed by atoms with Crippen molar-refractivity contribution < 1.29 is 0 Å². The Bertz CT molecular complexity index is 126. The summed E-state index contributed by atoms with van der Waals surface area (Å²) in [5.41, 5.74) is 6.07. The normalized spacial score (nSPS) is 41.4. The number of rotatable bonds is 1. The minimum Gasteiger partial charge on any atom is -0.321 e. The first-order chi connectivity index (χ1) is 3.52. The van der Waals surface area contributed by atoms with Crippen LogP contribution in [0, 0.1) is 5.41 Å². The van der Waals surface area contributed by atoms with Gasteiger partial charge in [-0.3, -0.25) is 0 Å². The molecular weight excluding hydrogens is 98.1 g/mol. The average molecular weight is 111 g/mol. The van der Waals surface area contributed by atoms with E-state index in [9.17, 15) is 0 Å². The monoisotopic (exact) mass is 111 g/mol. The van der Waals surface area contributed by atoms with Crippen LogP contribution in [0.4, 0.5) is 0 Å². The maximum atomic E-state index is 5.81. The van der Waals surface area contributed by atoms with Gasteiger partial charge in [-0.15, -0.1) is 6.58 Å². The van der Waals surface area contributed by atoms with Crippen LogP contribution in [-0.2, 0) is 0 Å². The van der Waals surface area contributed by atoms with Crippen LogP contribution in [0.15, 0.2) is 12.7 Å². The molecule has 2 N–H and O–H groups in total. The molecule has 1 rings (SSSR count). The van der Waals surface area contributed by atoms with Gasteiger partial charge >= 0.3 is 0 Å². The molecule has 0 bridgehead atoms. The molecule has 0 saturated heterocycles. The SMILES string of the molecule is C=C[C@@]1(N)CC1(C)C. The maximum Gasteiger partial charge on any atom is 0.0395 e. The van der Waals surface area contributed by atoms with E-state index in [-0.39, 0.29) is 5.54 Å². The van der Waals surface area contributed by atoms with E-state index in [1.807, 2.05) is 6.08 Å². The van der Waals surface area contributed by atoms with Crippen LogP contribution in [0.5, 0.6) is 0 Å². The van der Waals surface area contributed by atoms with E-state index in [2.05, 4.69) is 20.4 Å². The molecule has 0 heterocycles. The molecule has 1 atom stereocenters. The summed E-state index contributed by atoms with van der Waals surface area (Å²) in [5.74, 6) is 0. The predicted molar refractivity (Wildman–Crippen MR) is 35.5 cm³/mol. The summed E-state index contributed by atoms with van der Waals surface area (Å²) >= 11 is 0. The second kappa shape index (κ2) is 1.16. The second-order valence-electron chi connectivity index (χ2n) is 3.31. The van der Waals surface area contributed by atoms with Crippen molar-refractivity contribution in [1.82, 2.24) is 0 Å². The summed E-state index contributed by atoms with van der Waals surface area (Å²) < 4.78 is 0. The summed E-state index contributed by atoms with van der Waals surface area (Å²) in [6, 6.07) is 0. The molecule has 0 amide bonds. The zero-order valence-corrected chi connectivity index (χ0v) is 5.57. The number of nitrogens with two attached hydrogens (primary N) is 1. The molecule has 1 nitrogen and oxygen atoms in total. The van der Waals surface area contributed by atoms with E-state index in [1.54, 1.807) is 0 Å². The smallest absolute Gasteiger partial charge is 0.0395 e. The first-order valence-corrected chi connectivity index (χ1v) is 2.94. The van der Waals surface area contributed by atoms with E-state index < -0.39 is 0 Å². The van der Waals surface area contributed by atoms with E-state index in [0.717, 1.165) is 6.42 Å². The summed E-state index contributed by atoms with van der Waals surface area (Å²) in [6.45, 7) is 7.99. The third kappa shape index (κ3) is 0.511. The Morgan fingerprint density at radius 3 is 2.00 bits per heavy atom.